The summed E-state index contributed by atoms with van der Waals surface area (Å²) in [5.41, 5.74) is 6.43. The minimum Gasteiger partial charge on any atom is -0.455 e. The second kappa shape index (κ2) is 6.07. The minimum absolute atomic E-state index is 0.112. The lowest BCUT2D eigenvalue weighted by Gasteiger charge is -2.21. The number of ether oxygens (including phenoxy) is 2. The average molecular weight is 324 g/mol. The van der Waals surface area contributed by atoms with Crippen LogP contribution in [-0.2, 0) is 14.3 Å². The monoisotopic (exact) mass is 324 g/mol. The van der Waals surface area contributed by atoms with Crippen LogP contribution in [0.4, 0.5) is 5.82 Å². The van der Waals surface area contributed by atoms with Gasteiger partial charge in [0, 0.05) is 7.79 Å². The number of imidazole rings is 1. The van der Waals surface area contributed by atoms with Crippen LogP contribution in [0.2, 0.25) is 0 Å². The Morgan fingerprint density at radius 1 is 1.57 bits per heavy atom. The first-order valence-electron chi connectivity index (χ1n) is 7.63. The van der Waals surface area contributed by atoms with Crippen LogP contribution in [0.25, 0.3) is 11.2 Å². The molecule has 1 fully saturated rings. The van der Waals surface area contributed by atoms with E-state index in [9.17, 15) is 15.0 Å². The summed E-state index contributed by atoms with van der Waals surface area (Å²) >= 11 is 0. The molecular formula is C13H17N5O5. The second-order valence-corrected chi connectivity index (χ2v) is 5.03. The number of aromatic nitrogens is 4. The smallest absolute Gasteiger partial charge is 0.306 e. The number of fused-ring (bicyclic) bond motifs is 1. The Balaban J connectivity index is 1.96. The van der Waals surface area contributed by atoms with E-state index in [1.54, 1.807) is 0 Å². The number of hydrogen-bond donors (Lipinski definition) is 3. The van der Waals surface area contributed by atoms with E-state index in [4.69, 9.17) is 16.6 Å². The molecule has 0 amide bonds. The summed E-state index contributed by atoms with van der Waals surface area (Å²) < 4.78 is 19.4. The third kappa shape index (κ3) is 2.60. The van der Waals surface area contributed by atoms with Gasteiger partial charge in [-0.1, -0.05) is 6.90 Å². The molecule has 1 saturated heterocycles. The van der Waals surface area contributed by atoms with Crippen molar-refractivity contribution in [3.05, 3.63) is 12.7 Å². The molecule has 0 spiro atoms. The molecule has 0 radical (unpaired) electrons. The molecule has 2 aromatic rings. The van der Waals surface area contributed by atoms with Gasteiger partial charge in [0.05, 0.1) is 12.9 Å². The average Bonchev–Trinajstić information content (AvgIpc) is 3.11. The van der Waals surface area contributed by atoms with Crippen molar-refractivity contribution in [1.29, 1.82) is 0 Å². The number of carbonyl (C=O) groups excluding carboxylic acids is 1. The van der Waals surface area contributed by atoms with Gasteiger partial charge in [-0.2, -0.15) is 0 Å². The van der Waals surface area contributed by atoms with Gasteiger partial charge in [0.15, 0.2) is 23.8 Å². The molecule has 0 saturated carbocycles. The SMILES string of the molecule is [2H]CCC(=O)O[C@@H]1C(n2cnc3c(N)ncnc32)O[C@H](CO)[C@H]1O. The molecule has 0 aliphatic carbocycles. The molecule has 10 heteroatoms. The summed E-state index contributed by atoms with van der Waals surface area (Å²) in [6, 6.07) is 0. The van der Waals surface area contributed by atoms with Crippen molar-refractivity contribution in [2.75, 3.05) is 12.3 Å². The first-order chi connectivity index (χ1) is 11.6. The first kappa shape index (κ1) is 14.3. The molecule has 2 aromatic heterocycles. The first-order valence-corrected chi connectivity index (χ1v) is 6.93. The predicted octanol–water partition coefficient (Wildman–Crippen LogP) is -1.02. The zero-order chi connectivity index (χ0) is 17.3. The van der Waals surface area contributed by atoms with Gasteiger partial charge in [0.1, 0.15) is 24.1 Å². The summed E-state index contributed by atoms with van der Waals surface area (Å²) in [5.74, 6) is -0.460. The number of hydrogen-bond acceptors (Lipinski definition) is 9. The fourth-order valence-electron chi connectivity index (χ4n) is 2.49. The highest BCUT2D eigenvalue weighted by Crippen LogP contribution is 2.34. The largest absolute Gasteiger partial charge is 0.455 e. The quantitative estimate of drug-likeness (QED) is 0.601. The van der Waals surface area contributed by atoms with E-state index in [-0.39, 0.29) is 19.1 Å². The van der Waals surface area contributed by atoms with Gasteiger partial charge in [0.25, 0.3) is 0 Å². The summed E-state index contributed by atoms with van der Waals surface area (Å²) in [4.78, 5) is 23.8. The van der Waals surface area contributed by atoms with E-state index in [1.807, 2.05) is 0 Å². The van der Waals surface area contributed by atoms with Crippen LogP contribution in [0.1, 0.15) is 20.9 Å². The predicted molar refractivity (Wildman–Crippen MR) is 76.9 cm³/mol. The van der Waals surface area contributed by atoms with Crippen molar-refractivity contribution in [2.24, 2.45) is 0 Å². The van der Waals surface area contributed by atoms with Crippen molar-refractivity contribution in [2.45, 2.75) is 37.9 Å². The number of esters is 1. The van der Waals surface area contributed by atoms with E-state index in [2.05, 4.69) is 15.0 Å². The lowest BCUT2D eigenvalue weighted by molar-refractivity contribution is -0.158. The summed E-state index contributed by atoms with van der Waals surface area (Å²) in [5, 5.41) is 19.6. The summed E-state index contributed by atoms with van der Waals surface area (Å²) in [6.45, 7) is -0.581. The van der Waals surface area contributed by atoms with Crippen molar-refractivity contribution in [3.63, 3.8) is 0 Å². The van der Waals surface area contributed by atoms with E-state index in [0.717, 1.165) is 0 Å². The number of nitrogen functional groups attached to an aromatic ring is 1. The number of nitrogens with zero attached hydrogens (tertiary/aromatic N) is 4. The van der Waals surface area contributed by atoms with E-state index in [1.165, 1.54) is 17.2 Å². The molecule has 23 heavy (non-hydrogen) atoms. The molecule has 0 bridgehead atoms. The van der Waals surface area contributed by atoms with E-state index < -0.39 is 37.1 Å². The maximum atomic E-state index is 11.7. The Morgan fingerprint density at radius 3 is 3.13 bits per heavy atom. The Bertz CT molecular complexity index is 741. The Morgan fingerprint density at radius 2 is 2.39 bits per heavy atom. The molecule has 1 aliphatic heterocycles. The highest BCUT2D eigenvalue weighted by atomic mass is 16.6. The highest BCUT2D eigenvalue weighted by molar-refractivity contribution is 5.81. The summed E-state index contributed by atoms with van der Waals surface area (Å²) in [6.07, 6.45) is -1.64. The molecule has 1 aliphatic rings. The summed E-state index contributed by atoms with van der Waals surface area (Å²) in [7, 11) is 0. The minimum atomic E-state index is -1.23. The molecular weight excluding hydrogens is 306 g/mol. The van der Waals surface area contributed by atoms with Crippen LogP contribution in [0.5, 0.6) is 0 Å². The lowest BCUT2D eigenvalue weighted by atomic mass is 10.1. The van der Waals surface area contributed by atoms with Crippen molar-refractivity contribution in [1.82, 2.24) is 19.5 Å². The third-order valence-electron chi connectivity index (χ3n) is 3.63. The lowest BCUT2D eigenvalue weighted by Crippen LogP contribution is -2.36. The fourth-order valence-corrected chi connectivity index (χ4v) is 2.49. The molecule has 3 heterocycles. The highest BCUT2D eigenvalue weighted by Gasteiger charge is 2.47. The van der Waals surface area contributed by atoms with Crippen LogP contribution in [0.15, 0.2) is 12.7 Å². The van der Waals surface area contributed by atoms with Gasteiger partial charge in [-0.3, -0.25) is 9.36 Å². The van der Waals surface area contributed by atoms with Crippen molar-refractivity contribution in [3.8, 4) is 0 Å². The molecule has 124 valence electrons. The van der Waals surface area contributed by atoms with Crippen LogP contribution in [0.3, 0.4) is 0 Å². The number of anilines is 1. The number of aliphatic hydroxyl groups is 2. The third-order valence-corrected chi connectivity index (χ3v) is 3.63. The van der Waals surface area contributed by atoms with Gasteiger partial charge in [-0.05, 0) is 0 Å². The van der Waals surface area contributed by atoms with Gasteiger partial charge in [-0.25, -0.2) is 15.0 Å². The maximum Gasteiger partial charge on any atom is 0.306 e. The number of carbonyl (C=O) groups is 1. The van der Waals surface area contributed by atoms with Crippen LogP contribution >= 0.6 is 0 Å². The van der Waals surface area contributed by atoms with Gasteiger partial charge >= 0.3 is 5.97 Å². The Labute approximate surface area is 132 Å². The fraction of sp³-hybridized carbons (Fsp3) is 0.538. The Kier molecular flexibility index (Phi) is 3.77. The molecule has 3 rings (SSSR count). The molecule has 4 atom stereocenters. The van der Waals surface area contributed by atoms with Crippen molar-refractivity contribution < 1.29 is 25.9 Å². The van der Waals surface area contributed by atoms with E-state index in [0.29, 0.717) is 11.2 Å². The second-order valence-electron chi connectivity index (χ2n) is 5.03. The van der Waals surface area contributed by atoms with Crippen molar-refractivity contribution >= 4 is 23.0 Å². The Hall–Kier alpha value is -2.30. The normalized spacial score (nSPS) is 28.0. The van der Waals surface area contributed by atoms with Gasteiger partial charge < -0.3 is 25.4 Å². The molecule has 10 nitrogen and oxygen atoms in total. The molecule has 1 unspecified atom stereocenters. The standard InChI is InChI=1S/C13H17N5O5/c1-2-7(20)23-10-9(21)6(3-19)22-13(10)18-5-17-8-11(14)15-4-16-12(8)18/h4-6,9-10,13,19,21H,2-3H2,1H3,(H2,14,15,16)/t6-,9-,10+,13?/m1/s1/i1D. The number of nitrogens with two attached hydrogens (primary N) is 1. The molecule has 4 N–H and O–H groups in total. The van der Waals surface area contributed by atoms with Gasteiger partial charge in [-0.15, -0.1) is 0 Å². The zero-order valence-electron chi connectivity index (χ0n) is 13.1. The maximum absolute atomic E-state index is 11.7. The number of rotatable bonds is 4. The number of aliphatic hydroxyl groups excluding tert-OH is 2. The zero-order valence-corrected chi connectivity index (χ0v) is 12.1. The topological polar surface area (TPSA) is 146 Å². The van der Waals surface area contributed by atoms with Gasteiger partial charge in [0.2, 0.25) is 0 Å². The van der Waals surface area contributed by atoms with E-state index >= 15 is 0 Å². The van der Waals surface area contributed by atoms with Crippen LogP contribution in [-0.4, -0.2) is 60.6 Å². The van der Waals surface area contributed by atoms with Crippen LogP contribution < -0.4 is 5.73 Å². The molecule has 0 aromatic carbocycles. The van der Waals surface area contributed by atoms with Crippen LogP contribution in [0, 0.1) is 0 Å².